The fourth-order valence-electron chi connectivity index (χ4n) is 3.22. The van der Waals surface area contributed by atoms with E-state index in [1.807, 2.05) is 65.4 Å². The van der Waals surface area contributed by atoms with Gasteiger partial charge in [0, 0.05) is 17.5 Å². The molecule has 0 fully saturated rings. The van der Waals surface area contributed by atoms with Gasteiger partial charge in [0.05, 0.1) is 31.2 Å². The van der Waals surface area contributed by atoms with Crippen LogP contribution in [0.1, 0.15) is 6.92 Å². The SMILES string of the molecule is CCn1c(SCC(=O)Nc2nc(-c3ccc(OC)cc3)cs2)nnc1-c1ccccc1OC. The first-order chi connectivity index (χ1) is 16.1. The number of ether oxygens (including phenoxy) is 2. The number of rotatable bonds is 9. The normalized spacial score (nSPS) is 10.8. The van der Waals surface area contributed by atoms with E-state index < -0.39 is 0 Å². The van der Waals surface area contributed by atoms with Gasteiger partial charge >= 0.3 is 0 Å². The minimum absolute atomic E-state index is 0.153. The number of carbonyl (C=O) groups is 1. The predicted octanol–water partition coefficient (Wildman–Crippen LogP) is 4.84. The molecule has 0 saturated heterocycles. The number of carbonyl (C=O) groups excluding carboxylic acids is 1. The van der Waals surface area contributed by atoms with Crippen LogP contribution >= 0.6 is 23.1 Å². The number of nitrogens with zero attached hydrogens (tertiary/aromatic N) is 4. The van der Waals surface area contributed by atoms with Crippen molar-refractivity contribution in [3.8, 4) is 34.1 Å². The third kappa shape index (κ3) is 5.18. The molecule has 0 spiro atoms. The van der Waals surface area contributed by atoms with Crippen LogP contribution < -0.4 is 14.8 Å². The number of methoxy groups -OCH3 is 2. The monoisotopic (exact) mass is 481 g/mol. The van der Waals surface area contributed by atoms with E-state index in [0.717, 1.165) is 28.3 Å². The first-order valence-electron chi connectivity index (χ1n) is 10.2. The molecule has 2 heterocycles. The van der Waals surface area contributed by atoms with E-state index in [1.54, 1.807) is 14.2 Å². The number of benzene rings is 2. The molecule has 4 aromatic rings. The second kappa shape index (κ2) is 10.5. The third-order valence-corrected chi connectivity index (χ3v) is 6.57. The van der Waals surface area contributed by atoms with Crippen LogP contribution in [0, 0.1) is 0 Å². The maximum Gasteiger partial charge on any atom is 0.236 e. The Bertz CT molecular complexity index is 1240. The molecular weight excluding hydrogens is 458 g/mol. The van der Waals surface area contributed by atoms with Crippen molar-refractivity contribution >= 4 is 34.1 Å². The minimum Gasteiger partial charge on any atom is -0.497 e. The molecule has 8 nitrogen and oxygen atoms in total. The summed E-state index contributed by atoms with van der Waals surface area (Å²) in [5.74, 6) is 2.27. The summed E-state index contributed by atoms with van der Waals surface area (Å²) in [5.41, 5.74) is 2.62. The number of aromatic nitrogens is 4. The van der Waals surface area contributed by atoms with E-state index in [0.29, 0.717) is 22.7 Å². The van der Waals surface area contributed by atoms with Gasteiger partial charge in [-0.15, -0.1) is 21.5 Å². The van der Waals surface area contributed by atoms with Crippen molar-refractivity contribution in [1.29, 1.82) is 0 Å². The second-order valence-electron chi connectivity index (χ2n) is 6.85. The lowest BCUT2D eigenvalue weighted by atomic mass is 10.2. The Labute approximate surface area is 200 Å². The van der Waals surface area contributed by atoms with Crippen molar-refractivity contribution in [3.63, 3.8) is 0 Å². The molecule has 2 aromatic heterocycles. The lowest BCUT2D eigenvalue weighted by Gasteiger charge is -2.10. The first-order valence-corrected chi connectivity index (χ1v) is 12.1. The summed E-state index contributed by atoms with van der Waals surface area (Å²) in [6.07, 6.45) is 0. The van der Waals surface area contributed by atoms with Crippen molar-refractivity contribution < 1.29 is 14.3 Å². The highest BCUT2D eigenvalue weighted by Crippen LogP contribution is 2.31. The third-order valence-electron chi connectivity index (χ3n) is 4.85. The van der Waals surface area contributed by atoms with Crippen molar-refractivity contribution in [1.82, 2.24) is 19.7 Å². The van der Waals surface area contributed by atoms with Gasteiger partial charge in [-0.2, -0.15) is 0 Å². The summed E-state index contributed by atoms with van der Waals surface area (Å²) in [7, 11) is 3.26. The molecule has 0 aliphatic carbocycles. The van der Waals surface area contributed by atoms with Crippen LogP contribution in [0.3, 0.4) is 0 Å². The van der Waals surface area contributed by atoms with Crippen molar-refractivity contribution in [2.45, 2.75) is 18.6 Å². The summed E-state index contributed by atoms with van der Waals surface area (Å²) in [6.45, 7) is 2.69. The maximum atomic E-state index is 12.5. The van der Waals surface area contributed by atoms with Gasteiger partial charge in [-0.25, -0.2) is 4.98 Å². The average Bonchev–Trinajstić information content (AvgIpc) is 3.49. The fourth-order valence-corrected chi connectivity index (χ4v) is 4.76. The van der Waals surface area contributed by atoms with Gasteiger partial charge in [0.15, 0.2) is 16.1 Å². The molecule has 1 N–H and O–H groups in total. The van der Waals surface area contributed by atoms with E-state index >= 15 is 0 Å². The van der Waals surface area contributed by atoms with E-state index in [2.05, 4.69) is 20.5 Å². The zero-order valence-electron chi connectivity index (χ0n) is 18.4. The summed E-state index contributed by atoms with van der Waals surface area (Å²) < 4.78 is 12.6. The summed E-state index contributed by atoms with van der Waals surface area (Å²) in [4.78, 5) is 17.0. The van der Waals surface area contributed by atoms with E-state index in [4.69, 9.17) is 9.47 Å². The Kier molecular flexibility index (Phi) is 7.26. The molecule has 0 bridgehead atoms. The van der Waals surface area contributed by atoms with Gasteiger partial charge in [-0.1, -0.05) is 23.9 Å². The number of anilines is 1. The lowest BCUT2D eigenvalue weighted by Crippen LogP contribution is -2.14. The Hall–Kier alpha value is -3.37. The largest absolute Gasteiger partial charge is 0.497 e. The molecule has 0 saturated carbocycles. The summed E-state index contributed by atoms with van der Waals surface area (Å²) >= 11 is 2.72. The van der Waals surface area contributed by atoms with E-state index in [-0.39, 0.29) is 11.7 Å². The molecule has 10 heteroatoms. The molecule has 4 rings (SSSR count). The molecule has 33 heavy (non-hydrogen) atoms. The molecule has 0 aliphatic heterocycles. The van der Waals surface area contributed by atoms with Crippen molar-refractivity contribution in [3.05, 3.63) is 53.9 Å². The Morgan fingerprint density at radius 1 is 1.09 bits per heavy atom. The van der Waals surface area contributed by atoms with Gasteiger partial charge in [-0.05, 0) is 43.3 Å². The van der Waals surface area contributed by atoms with Gasteiger partial charge in [0.25, 0.3) is 0 Å². The molecule has 0 aliphatic rings. The molecular formula is C23H23N5O3S2. The highest BCUT2D eigenvalue weighted by atomic mass is 32.2. The quantitative estimate of drug-likeness (QED) is 0.342. The minimum atomic E-state index is -0.153. The number of thioether (sulfide) groups is 1. The Morgan fingerprint density at radius 2 is 1.88 bits per heavy atom. The first kappa shape index (κ1) is 22.8. The van der Waals surface area contributed by atoms with Gasteiger partial charge in [-0.3, -0.25) is 4.79 Å². The predicted molar refractivity (Wildman–Crippen MR) is 131 cm³/mol. The van der Waals surface area contributed by atoms with Crippen LogP contribution in [0.2, 0.25) is 0 Å². The number of para-hydroxylation sites is 1. The maximum absolute atomic E-state index is 12.5. The zero-order chi connectivity index (χ0) is 23.2. The van der Waals surface area contributed by atoms with Crippen LogP contribution in [-0.4, -0.2) is 45.6 Å². The summed E-state index contributed by atoms with van der Waals surface area (Å²) in [5, 5.41) is 14.6. The Morgan fingerprint density at radius 3 is 2.61 bits per heavy atom. The molecule has 0 radical (unpaired) electrons. The highest BCUT2D eigenvalue weighted by molar-refractivity contribution is 7.99. The number of nitrogens with one attached hydrogen (secondary N) is 1. The van der Waals surface area contributed by atoms with Gasteiger partial charge < -0.3 is 19.4 Å². The number of thiazole rings is 1. The van der Waals surface area contributed by atoms with Crippen LogP contribution in [0.5, 0.6) is 11.5 Å². The topological polar surface area (TPSA) is 91.2 Å². The van der Waals surface area contributed by atoms with Gasteiger partial charge in [0.1, 0.15) is 11.5 Å². The Balaban J connectivity index is 1.40. The molecule has 2 aromatic carbocycles. The number of hydrogen-bond donors (Lipinski definition) is 1. The lowest BCUT2D eigenvalue weighted by molar-refractivity contribution is -0.113. The molecule has 0 atom stereocenters. The van der Waals surface area contributed by atoms with Crippen LogP contribution in [0.4, 0.5) is 5.13 Å². The number of amides is 1. The summed E-state index contributed by atoms with van der Waals surface area (Å²) in [6, 6.07) is 15.3. The molecule has 0 unspecified atom stereocenters. The van der Waals surface area contributed by atoms with Crippen LogP contribution in [0.25, 0.3) is 22.6 Å². The number of hydrogen-bond acceptors (Lipinski definition) is 8. The average molecular weight is 482 g/mol. The van der Waals surface area contributed by atoms with E-state index in [9.17, 15) is 4.79 Å². The zero-order valence-corrected chi connectivity index (χ0v) is 20.1. The van der Waals surface area contributed by atoms with Crippen LogP contribution in [-0.2, 0) is 11.3 Å². The smallest absolute Gasteiger partial charge is 0.236 e. The van der Waals surface area contributed by atoms with E-state index in [1.165, 1.54) is 23.1 Å². The van der Waals surface area contributed by atoms with Crippen molar-refractivity contribution in [2.24, 2.45) is 0 Å². The van der Waals surface area contributed by atoms with Crippen LogP contribution in [0.15, 0.2) is 59.1 Å². The molecule has 1 amide bonds. The molecule has 170 valence electrons. The fraction of sp³-hybridized carbons (Fsp3) is 0.217. The second-order valence-corrected chi connectivity index (χ2v) is 8.65. The standard InChI is InChI=1S/C23H23N5O3S2/c1-4-28-21(17-7-5-6-8-19(17)31-3)26-27-23(28)33-14-20(29)25-22-24-18(13-32-22)15-9-11-16(30-2)12-10-15/h5-13H,4,14H2,1-3H3,(H,24,25,29). The van der Waals surface area contributed by atoms with Gasteiger partial charge in [0.2, 0.25) is 5.91 Å². The highest BCUT2D eigenvalue weighted by Gasteiger charge is 2.17. The van der Waals surface area contributed by atoms with Crippen molar-refractivity contribution in [2.75, 3.05) is 25.3 Å².